The van der Waals surface area contributed by atoms with Crippen molar-refractivity contribution >= 4 is 6.09 Å². The Labute approximate surface area is 138 Å². The lowest BCUT2D eigenvalue weighted by Crippen LogP contribution is -2.42. The van der Waals surface area contributed by atoms with Gasteiger partial charge < -0.3 is 15.4 Å². The van der Waals surface area contributed by atoms with Crippen LogP contribution in [0.4, 0.5) is 9.18 Å². The van der Waals surface area contributed by atoms with E-state index in [0.717, 1.165) is 24.0 Å². The molecule has 2 N–H and O–H groups in total. The van der Waals surface area contributed by atoms with Gasteiger partial charge in [-0.2, -0.15) is 0 Å². The molecule has 0 radical (unpaired) electrons. The van der Waals surface area contributed by atoms with Crippen LogP contribution in [0.3, 0.4) is 0 Å². The third-order valence-corrected chi connectivity index (χ3v) is 3.41. The molecular weight excluding hydrogens is 295 g/mol. The first kappa shape index (κ1) is 19.4. The fourth-order valence-corrected chi connectivity index (χ4v) is 2.26. The molecule has 1 atom stereocenters. The second-order valence-electron chi connectivity index (χ2n) is 6.82. The van der Waals surface area contributed by atoms with Crippen molar-refractivity contribution in [2.45, 2.75) is 65.6 Å². The van der Waals surface area contributed by atoms with E-state index in [1.807, 2.05) is 27.7 Å². The second-order valence-corrected chi connectivity index (χ2v) is 6.82. The summed E-state index contributed by atoms with van der Waals surface area (Å²) in [5, 5.41) is 6.22. The smallest absolute Gasteiger partial charge is 0.407 e. The van der Waals surface area contributed by atoms with Crippen molar-refractivity contribution in [1.82, 2.24) is 10.6 Å². The summed E-state index contributed by atoms with van der Waals surface area (Å²) in [5.74, 6) is -0.219. The quantitative estimate of drug-likeness (QED) is 0.799. The number of aryl methyl sites for hydroxylation is 1. The first-order valence-corrected chi connectivity index (χ1v) is 8.16. The van der Waals surface area contributed by atoms with Gasteiger partial charge >= 0.3 is 6.09 Å². The molecular formula is C18H29FN2O2. The Morgan fingerprint density at radius 3 is 2.61 bits per heavy atom. The molecule has 0 aliphatic carbocycles. The topological polar surface area (TPSA) is 50.4 Å². The lowest BCUT2D eigenvalue weighted by atomic mass is 10.1. The fourth-order valence-electron chi connectivity index (χ4n) is 2.26. The zero-order valence-corrected chi connectivity index (χ0v) is 14.8. The Kier molecular flexibility index (Phi) is 7.49. The maximum atomic E-state index is 13.1. The van der Waals surface area contributed by atoms with Gasteiger partial charge in [-0.25, -0.2) is 9.18 Å². The summed E-state index contributed by atoms with van der Waals surface area (Å²) in [6.07, 6.45) is 1.55. The molecule has 0 aliphatic rings. The van der Waals surface area contributed by atoms with Crippen molar-refractivity contribution < 1.29 is 13.9 Å². The van der Waals surface area contributed by atoms with Crippen LogP contribution in [0.1, 0.15) is 51.7 Å². The maximum absolute atomic E-state index is 13.1. The summed E-state index contributed by atoms with van der Waals surface area (Å²) in [6.45, 7) is 10.7. The van der Waals surface area contributed by atoms with Crippen LogP contribution < -0.4 is 10.6 Å². The van der Waals surface area contributed by atoms with E-state index < -0.39 is 11.7 Å². The zero-order valence-electron chi connectivity index (χ0n) is 14.8. The third kappa shape index (κ3) is 7.98. The molecule has 130 valence electrons. The van der Waals surface area contributed by atoms with E-state index in [-0.39, 0.29) is 11.9 Å². The van der Waals surface area contributed by atoms with Gasteiger partial charge in [0.25, 0.3) is 0 Å². The monoisotopic (exact) mass is 324 g/mol. The van der Waals surface area contributed by atoms with Crippen molar-refractivity contribution in [2.75, 3.05) is 6.54 Å². The predicted octanol–water partition coefficient (Wildman–Crippen LogP) is 3.92. The number of nitrogens with one attached hydrogen (secondary N) is 2. The SMILES string of the molecule is CCCC(CNC(=O)OC(C)(C)C)NCc1ccc(F)cc1C. The third-order valence-electron chi connectivity index (χ3n) is 3.41. The van der Waals surface area contributed by atoms with Crippen LogP contribution in [0.2, 0.25) is 0 Å². The Morgan fingerprint density at radius 2 is 2.04 bits per heavy atom. The number of benzene rings is 1. The van der Waals surface area contributed by atoms with Crippen LogP contribution >= 0.6 is 0 Å². The molecule has 1 amide bonds. The standard InChI is InChI=1S/C18H29FN2O2/c1-6-7-16(12-21-17(22)23-18(3,4)5)20-11-14-8-9-15(19)10-13(14)2/h8-10,16,20H,6-7,11-12H2,1-5H3,(H,21,22). The average molecular weight is 324 g/mol. The van der Waals surface area contributed by atoms with E-state index >= 15 is 0 Å². The van der Waals surface area contributed by atoms with Gasteiger partial charge in [-0.1, -0.05) is 19.4 Å². The van der Waals surface area contributed by atoms with E-state index in [2.05, 4.69) is 17.6 Å². The highest BCUT2D eigenvalue weighted by Crippen LogP contribution is 2.11. The lowest BCUT2D eigenvalue weighted by Gasteiger charge is -2.23. The summed E-state index contributed by atoms with van der Waals surface area (Å²) in [4.78, 5) is 11.7. The summed E-state index contributed by atoms with van der Waals surface area (Å²) < 4.78 is 18.4. The molecule has 0 bridgehead atoms. The normalized spacial score (nSPS) is 12.8. The lowest BCUT2D eigenvalue weighted by molar-refractivity contribution is 0.0521. The van der Waals surface area contributed by atoms with Crippen LogP contribution in [0.5, 0.6) is 0 Å². The van der Waals surface area contributed by atoms with Crippen molar-refractivity contribution in [2.24, 2.45) is 0 Å². The van der Waals surface area contributed by atoms with Gasteiger partial charge in [0, 0.05) is 19.1 Å². The Morgan fingerprint density at radius 1 is 1.35 bits per heavy atom. The molecule has 0 aliphatic heterocycles. The number of carbonyl (C=O) groups excluding carboxylic acids is 1. The fraction of sp³-hybridized carbons (Fsp3) is 0.611. The number of halogens is 1. The Balaban J connectivity index is 2.50. The number of ether oxygens (including phenoxy) is 1. The van der Waals surface area contributed by atoms with Crippen molar-refractivity contribution in [3.05, 3.63) is 35.1 Å². The largest absolute Gasteiger partial charge is 0.444 e. The molecule has 0 saturated heterocycles. The van der Waals surface area contributed by atoms with Gasteiger partial charge in [-0.15, -0.1) is 0 Å². The summed E-state index contributed by atoms with van der Waals surface area (Å²) >= 11 is 0. The molecule has 0 saturated carbocycles. The number of hydrogen-bond acceptors (Lipinski definition) is 3. The minimum absolute atomic E-state index is 0.150. The first-order valence-electron chi connectivity index (χ1n) is 8.16. The van der Waals surface area contributed by atoms with Crippen LogP contribution in [0, 0.1) is 12.7 Å². The molecule has 1 aromatic carbocycles. The predicted molar refractivity (Wildman–Crippen MR) is 90.9 cm³/mol. The van der Waals surface area contributed by atoms with Gasteiger partial charge in [-0.3, -0.25) is 0 Å². The average Bonchev–Trinajstić information content (AvgIpc) is 2.41. The minimum atomic E-state index is -0.497. The van der Waals surface area contributed by atoms with Crippen molar-refractivity contribution in [3.63, 3.8) is 0 Å². The second kappa shape index (κ2) is 8.87. The molecule has 0 fully saturated rings. The van der Waals surface area contributed by atoms with Gasteiger partial charge in [-0.05, 0) is 57.4 Å². The van der Waals surface area contributed by atoms with Crippen molar-refractivity contribution in [1.29, 1.82) is 0 Å². The first-order chi connectivity index (χ1) is 10.7. The summed E-state index contributed by atoms with van der Waals surface area (Å²) in [7, 11) is 0. The number of carbonyl (C=O) groups is 1. The van der Waals surface area contributed by atoms with Crippen LogP contribution in [-0.4, -0.2) is 24.3 Å². The van der Waals surface area contributed by atoms with Crippen molar-refractivity contribution in [3.8, 4) is 0 Å². The maximum Gasteiger partial charge on any atom is 0.407 e. The highest BCUT2D eigenvalue weighted by atomic mass is 19.1. The van der Waals surface area contributed by atoms with Gasteiger partial charge in [0.2, 0.25) is 0 Å². The van der Waals surface area contributed by atoms with Gasteiger partial charge in [0.05, 0.1) is 0 Å². The van der Waals surface area contributed by atoms with Gasteiger partial charge in [0.15, 0.2) is 0 Å². The van der Waals surface area contributed by atoms with E-state index in [9.17, 15) is 9.18 Å². The van der Waals surface area contributed by atoms with Gasteiger partial charge in [0.1, 0.15) is 11.4 Å². The van der Waals surface area contributed by atoms with E-state index in [0.29, 0.717) is 13.1 Å². The molecule has 5 heteroatoms. The number of alkyl carbamates (subject to hydrolysis) is 1. The molecule has 23 heavy (non-hydrogen) atoms. The molecule has 0 aromatic heterocycles. The number of hydrogen-bond donors (Lipinski definition) is 2. The Hall–Kier alpha value is -1.62. The number of amides is 1. The molecule has 0 heterocycles. The number of rotatable bonds is 7. The van der Waals surface area contributed by atoms with E-state index in [1.165, 1.54) is 12.1 Å². The highest BCUT2D eigenvalue weighted by molar-refractivity contribution is 5.67. The van der Waals surface area contributed by atoms with E-state index in [4.69, 9.17) is 4.74 Å². The Bertz CT molecular complexity index is 512. The summed E-state index contributed by atoms with van der Waals surface area (Å²) in [5.41, 5.74) is 1.49. The van der Waals surface area contributed by atoms with E-state index in [1.54, 1.807) is 6.07 Å². The molecule has 1 unspecified atom stereocenters. The highest BCUT2D eigenvalue weighted by Gasteiger charge is 2.17. The molecule has 1 aromatic rings. The van der Waals surface area contributed by atoms with Crippen LogP contribution in [-0.2, 0) is 11.3 Å². The molecule has 4 nitrogen and oxygen atoms in total. The van der Waals surface area contributed by atoms with Crippen LogP contribution in [0.15, 0.2) is 18.2 Å². The van der Waals surface area contributed by atoms with Crippen LogP contribution in [0.25, 0.3) is 0 Å². The summed E-state index contributed by atoms with van der Waals surface area (Å²) in [6, 6.07) is 4.95. The molecule has 0 spiro atoms. The molecule has 1 rings (SSSR count). The zero-order chi connectivity index (χ0) is 17.5. The minimum Gasteiger partial charge on any atom is -0.444 e.